The first kappa shape index (κ1) is 28.9. The molecule has 1 atom stereocenters. The lowest BCUT2D eigenvalue weighted by atomic mass is 10.1. The van der Waals surface area contributed by atoms with Gasteiger partial charge in [0.05, 0.1) is 10.9 Å². The second kappa shape index (κ2) is 12.9. The van der Waals surface area contributed by atoms with Crippen molar-refractivity contribution in [1.29, 1.82) is 0 Å². The summed E-state index contributed by atoms with van der Waals surface area (Å²) >= 11 is 7.60. The Hall–Kier alpha value is -4.66. The zero-order valence-corrected chi connectivity index (χ0v) is 24.1. The van der Waals surface area contributed by atoms with Gasteiger partial charge in [-0.15, -0.1) is 11.8 Å². The second-order valence-corrected chi connectivity index (χ2v) is 11.3. The number of anilines is 2. The van der Waals surface area contributed by atoms with E-state index in [2.05, 4.69) is 10.6 Å². The van der Waals surface area contributed by atoms with Gasteiger partial charge < -0.3 is 10.6 Å². The van der Waals surface area contributed by atoms with Gasteiger partial charge in [0.2, 0.25) is 11.8 Å². The fourth-order valence-corrected chi connectivity index (χ4v) is 5.58. The number of nitrogens with zero attached hydrogens (tertiary/aromatic N) is 1. The van der Waals surface area contributed by atoms with Crippen LogP contribution in [0.1, 0.15) is 27.9 Å². The van der Waals surface area contributed by atoms with Gasteiger partial charge in [0, 0.05) is 27.6 Å². The SMILES string of the molecule is Cc1ccc(N2C(=O)CC(Sc3ccc(NC(=O)/C(=C/c4ccccc4Cl)NC(=O)c4ccccc4)cc3)C2=O)cc1. The Balaban J connectivity index is 1.28. The van der Waals surface area contributed by atoms with Crippen LogP contribution in [0.15, 0.2) is 114 Å². The monoisotopic (exact) mass is 595 g/mol. The van der Waals surface area contributed by atoms with E-state index in [1.807, 2.05) is 19.1 Å². The lowest BCUT2D eigenvalue weighted by Gasteiger charge is -2.15. The molecule has 0 spiro atoms. The quantitative estimate of drug-likeness (QED) is 0.179. The molecule has 4 aromatic carbocycles. The van der Waals surface area contributed by atoms with Crippen molar-refractivity contribution in [3.8, 4) is 0 Å². The van der Waals surface area contributed by atoms with Crippen molar-refractivity contribution in [3.05, 3.63) is 131 Å². The van der Waals surface area contributed by atoms with E-state index in [1.54, 1.807) is 91.0 Å². The Morgan fingerprint density at radius 1 is 0.881 bits per heavy atom. The first-order valence-corrected chi connectivity index (χ1v) is 14.4. The average molecular weight is 596 g/mol. The summed E-state index contributed by atoms with van der Waals surface area (Å²) < 4.78 is 0. The van der Waals surface area contributed by atoms with Crippen molar-refractivity contribution < 1.29 is 19.2 Å². The minimum absolute atomic E-state index is 0.0154. The molecule has 5 rings (SSSR count). The number of hydrogen-bond donors (Lipinski definition) is 2. The maximum atomic E-state index is 13.3. The zero-order valence-electron chi connectivity index (χ0n) is 22.5. The van der Waals surface area contributed by atoms with E-state index in [0.717, 1.165) is 10.5 Å². The Morgan fingerprint density at radius 3 is 2.24 bits per heavy atom. The number of carbonyl (C=O) groups is 4. The molecule has 0 aromatic heterocycles. The fourth-order valence-electron chi connectivity index (χ4n) is 4.33. The molecule has 210 valence electrons. The Labute approximate surface area is 252 Å². The van der Waals surface area contributed by atoms with Crippen molar-refractivity contribution in [3.63, 3.8) is 0 Å². The predicted molar refractivity (Wildman–Crippen MR) is 166 cm³/mol. The van der Waals surface area contributed by atoms with Gasteiger partial charge in [0.15, 0.2) is 0 Å². The van der Waals surface area contributed by atoms with Crippen LogP contribution in [0.5, 0.6) is 0 Å². The van der Waals surface area contributed by atoms with E-state index < -0.39 is 17.1 Å². The first-order valence-electron chi connectivity index (χ1n) is 13.1. The molecule has 7 nitrogen and oxygen atoms in total. The van der Waals surface area contributed by atoms with Crippen LogP contribution in [0.25, 0.3) is 6.08 Å². The Morgan fingerprint density at radius 2 is 1.55 bits per heavy atom. The van der Waals surface area contributed by atoms with E-state index in [9.17, 15) is 19.2 Å². The van der Waals surface area contributed by atoms with Crippen LogP contribution in [-0.4, -0.2) is 28.9 Å². The molecular weight excluding hydrogens is 570 g/mol. The number of thioether (sulfide) groups is 1. The first-order chi connectivity index (χ1) is 20.3. The predicted octanol–water partition coefficient (Wildman–Crippen LogP) is 6.48. The highest BCUT2D eigenvalue weighted by atomic mass is 35.5. The summed E-state index contributed by atoms with van der Waals surface area (Å²) in [6, 6.07) is 29.8. The third kappa shape index (κ3) is 6.79. The van der Waals surface area contributed by atoms with Gasteiger partial charge in [0.1, 0.15) is 5.70 Å². The molecule has 0 radical (unpaired) electrons. The summed E-state index contributed by atoms with van der Waals surface area (Å²) in [7, 11) is 0. The number of aryl methyl sites for hydroxylation is 1. The number of benzene rings is 4. The van der Waals surface area contributed by atoms with Crippen LogP contribution >= 0.6 is 23.4 Å². The summed E-state index contributed by atoms with van der Waals surface area (Å²) in [6.45, 7) is 1.94. The van der Waals surface area contributed by atoms with Gasteiger partial charge in [-0.3, -0.25) is 19.2 Å². The lowest BCUT2D eigenvalue weighted by molar-refractivity contribution is -0.121. The van der Waals surface area contributed by atoms with Crippen LogP contribution in [0.3, 0.4) is 0 Å². The molecule has 1 unspecified atom stereocenters. The van der Waals surface area contributed by atoms with E-state index in [-0.39, 0.29) is 23.9 Å². The van der Waals surface area contributed by atoms with Crippen molar-refractivity contribution in [2.24, 2.45) is 0 Å². The fraction of sp³-hybridized carbons (Fsp3) is 0.0909. The smallest absolute Gasteiger partial charge is 0.272 e. The number of nitrogens with one attached hydrogen (secondary N) is 2. The van der Waals surface area contributed by atoms with Gasteiger partial charge in [-0.1, -0.05) is 65.7 Å². The van der Waals surface area contributed by atoms with Crippen molar-refractivity contribution in [1.82, 2.24) is 5.32 Å². The molecular formula is C33H26ClN3O4S. The number of amides is 4. The van der Waals surface area contributed by atoms with Gasteiger partial charge in [0.25, 0.3) is 11.8 Å². The number of hydrogen-bond acceptors (Lipinski definition) is 5. The molecule has 4 aromatic rings. The molecule has 1 heterocycles. The van der Waals surface area contributed by atoms with Gasteiger partial charge in [-0.25, -0.2) is 4.90 Å². The van der Waals surface area contributed by atoms with Gasteiger partial charge in [-0.2, -0.15) is 0 Å². The minimum Gasteiger partial charge on any atom is -0.321 e. The van der Waals surface area contributed by atoms with Crippen LogP contribution < -0.4 is 15.5 Å². The maximum absolute atomic E-state index is 13.3. The summed E-state index contributed by atoms with van der Waals surface area (Å²) in [5, 5.41) is 5.38. The largest absolute Gasteiger partial charge is 0.321 e. The Bertz CT molecular complexity index is 1670. The number of carbonyl (C=O) groups excluding carboxylic acids is 4. The molecule has 2 N–H and O–H groups in total. The second-order valence-electron chi connectivity index (χ2n) is 9.59. The van der Waals surface area contributed by atoms with Gasteiger partial charge in [-0.05, 0) is 73.2 Å². The van der Waals surface area contributed by atoms with Crippen LogP contribution in [0.4, 0.5) is 11.4 Å². The third-order valence-electron chi connectivity index (χ3n) is 6.52. The summed E-state index contributed by atoms with van der Waals surface area (Å²) in [4.78, 5) is 53.8. The molecule has 4 amide bonds. The van der Waals surface area contributed by atoms with E-state index in [1.165, 1.54) is 22.7 Å². The van der Waals surface area contributed by atoms with Crippen LogP contribution in [-0.2, 0) is 14.4 Å². The molecule has 0 saturated carbocycles. The van der Waals surface area contributed by atoms with E-state index >= 15 is 0 Å². The molecule has 42 heavy (non-hydrogen) atoms. The summed E-state index contributed by atoms with van der Waals surface area (Å²) in [5.41, 5.74) is 3.08. The minimum atomic E-state index is -0.544. The summed E-state index contributed by atoms with van der Waals surface area (Å²) in [6.07, 6.45) is 1.62. The highest BCUT2D eigenvalue weighted by molar-refractivity contribution is 8.00. The highest BCUT2D eigenvalue weighted by Gasteiger charge is 2.40. The van der Waals surface area contributed by atoms with Crippen LogP contribution in [0.2, 0.25) is 5.02 Å². The molecule has 1 fully saturated rings. The van der Waals surface area contributed by atoms with Crippen molar-refractivity contribution in [2.45, 2.75) is 23.5 Å². The highest BCUT2D eigenvalue weighted by Crippen LogP contribution is 2.34. The normalized spacial score (nSPS) is 15.0. The number of rotatable bonds is 8. The molecule has 0 aliphatic carbocycles. The number of halogens is 1. The van der Waals surface area contributed by atoms with E-state index in [4.69, 9.17) is 11.6 Å². The lowest BCUT2D eigenvalue weighted by Crippen LogP contribution is -2.31. The molecule has 1 aliphatic heterocycles. The van der Waals surface area contributed by atoms with E-state index in [0.29, 0.717) is 27.5 Å². The molecule has 1 saturated heterocycles. The number of imide groups is 1. The standard InChI is InChI=1S/C33H26ClN3O4S/c1-21-11-15-25(16-12-21)37-30(38)20-29(33(37)41)42-26-17-13-24(14-18-26)35-32(40)28(19-23-9-5-6-10-27(23)34)36-31(39)22-7-3-2-4-8-22/h2-19,29H,20H2,1H3,(H,35,40)(H,36,39)/b28-19-. The molecule has 9 heteroatoms. The van der Waals surface area contributed by atoms with Crippen molar-refractivity contribution in [2.75, 3.05) is 10.2 Å². The van der Waals surface area contributed by atoms with Crippen LogP contribution in [0, 0.1) is 6.92 Å². The third-order valence-corrected chi connectivity index (χ3v) is 8.06. The zero-order chi connectivity index (χ0) is 29.6. The maximum Gasteiger partial charge on any atom is 0.272 e. The Kier molecular flexibility index (Phi) is 8.85. The molecule has 1 aliphatic rings. The molecule has 0 bridgehead atoms. The van der Waals surface area contributed by atoms with Gasteiger partial charge >= 0.3 is 0 Å². The topological polar surface area (TPSA) is 95.6 Å². The van der Waals surface area contributed by atoms with Crippen molar-refractivity contribution >= 4 is 64.4 Å². The summed E-state index contributed by atoms with van der Waals surface area (Å²) in [5.74, 6) is -1.47. The average Bonchev–Trinajstić information content (AvgIpc) is 3.27.